The van der Waals surface area contributed by atoms with Crippen LogP contribution >= 0.6 is 0 Å². The van der Waals surface area contributed by atoms with Crippen molar-refractivity contribution < 1.29 is 18.0 Å². The maximum atomic E-state index is 12.4. The Labute approximate surface area is 87.0 Å². The Morgan fingerprint density at radius 1 is 1.20 bits per heavy atom. The average molecular weight is 218 g/mol. The summed E-state index contributed by atoms with van der Waals surface area (Å²) in [6, 6.07) is 0. The highest BCUT2D eigenvalue weighted by molar-refractivity contribution is 5.75. The maximum absolute atomic E-state index is 12.4. The quantitative estimate of drug-likeness (QED) is 0.644. The molecule has 0 aromatic carbocycles. The number of hydrogen-bond acceptors (Lipinski definition) is 1. The molecule has 15 heavy (non-hydrogen) atoms. The van der Waals surface area contributed by atoms with Crippen LogP contribution in [-0.4, -0.2) is 12.0 Å². The molecule has 84 valence electrons. The highest BCUT2D eigenvalue weighted by Crippen LogP contribution is 2.31. The van der Waals surface area contributed by atoms with E-state index in [2.05, 4.69) is 13.2 Å². The number of hydrogen-bond donors (Lipinski definition) is 0. The molecule has 0 saturated heterocycles. The van der Waals surface area contributed by atoms with Crippen LogP contribution in [0.15, 0.2) is 36.5 Å². The number of rotatable bonds is 5. The van der Waals surface area contributed by atoms with Gasteiger partial charge in [-0.05, 0) is 18.9 Å². The molecule has 0 atom stereocenters. The number of Topliss-reactive ketones (excluding diaryl/α,β-unsaturated/α-hetero) is 1. The van der Waals surface area contributed by atoms with Crippen molar-refractivity contribution in [3.8, 4) is 0 Å². The Hall–Kier alpha value is -1.32. The van der Waals surface area contributed by atoms with Gasteiger partial charge in [-0.3, -0.25) is 0 Å². The molecule has 0 amide bonds. The molecule has 0 N–H and O–H groups in total. The maximum Gasteiger partial charge on any atom is 0.416 e. The van der Waals surface area contributed by atoms with Crippen LogP contribution in [-0.2, 0) is 4.79 Å². The van der Waals surface area contributed by atoms with E-state index in [0.29, 0.717) is 0 Å². The van der Waals surface area contributed by atoms with Gasteiger partial charge in [0, 0.05) is 6.42 Å². The topological polar surface area (TPSA) is 17.1 Å². The molecule has 0 aromatic heterocycles. The molecule has 0 rings (SSSR count). The zero-order chi connectivity index (χ0) is 12.1. The number of alkyl halides is 3. The lowest BCUT2D eigenvalue weighted by molar-refractivity contribution is -0.117. The van der Waals surface area contributed by atoms with Crippen molar-refractivity contribution in [2.45, 2.75) is 25.9 Å². The highest BCUT2D eigenvalue weighted by Gasteiger charge is 2.33. The second-order valence-corrected chi connectivity index (χ2v) is 3.05. The normalized spacial score (nSPS) is 13.1. The predicted molar refractivity (Wildman–Crippen MR) is 53.4 cm³/mol. The molecule has 1 nitrogen and oxygen atoms in total. The summed E-state index contributed by atoms with van der Waals surface area (Å²) < 4.78 is 37.3. The van der Waals surface area contributed by atoms with Crippen molar-refractivity contribution in [1.82, 2.24) is 0 Å². The molecule has 0 radical (unpaired) electrons. The predicted octanol–water partition coefficient (Wildman–Crippen LogP) is 3.59. The van der Waals surface area contributed by atoms with Crippen LogP contribution in [0, 0.1) is 0 Å². The Morgan fingerprint density at radius 3 is 2.00 bits per heavy atom. The van der Waals surface area contributed by atoms with Crippen molar-refractivity contribution in [2.75, 3.05) is 0 Å². The van der Waals surface area contributed by atoms with Crippen LogP contribution in [0.4, 0.5) is 13.2 Å². The molecule has 0 unspecified atom stereocenters. The van der Waals surface area contributed by atoms with E-state index < -0.39 is 11.7 Å². The van der Waals surface area contributed by atoms with Gasteiger partial charge in [0.15, 0.2) is 0 Å². The average Bonchev–Trinajstić information content (AvgIpc) is 2.09. The Morgan fingerprint density at radius 2 is 1.73 bits per heavy atom. The summed E-state index contributed by atoms with van der Waals surface area (Å²) in [4.78, 5) is 10.7. The summed E-state index contributed by atoms with van der Waals surface area (Å²) >= 11 is 0. The standard InChI is InChI=1S/C11H13F3O/c1-4-9(7-6-8(3)15)10(5-2)11(12,13)14/h4-5H,1-2,6-7H2,3H3/b10-9-. The lowest BCUT2D eigenvalue weighted by Crippen LogP contribution is -2.12. The fourth-order valence-electron chi connectivity index (χ4n) is 1.09. The third-order valence-corrected chi connectivity index (χ3v) is 1.85. The molecule has 0 saturated carbocycles. The van der Waals surface area contributed by atoms with Gasteiger partial charge >= 0.3 is 6.18 Å². The van der Waals surface area contributed by atoms with Gasteiger partial charge in [-0.2, -0.15) is 13.2 Å². The third-order valence-electron chi connectivity index (χ3n) is 1.85. The van der Waals surface area contributed by atoms with Crippen LogP contribution < -0.4 is 0 Å². The van der Waals surface area contributed by atoms with E-state index in [0.717, 1.165) is 12.2 Å². The second-order valence-electron chi connectivity index (χ2n) is 3.05. The minimum atomic E-state index is -4.44. The molecule has 0 heterocycles. The zero-order valence-corrected chi connectivity index (χ0v) is 8.53. The molecular formula is C11H13F3O. The van der Waals surface area contributed by atoms with Crippen molar-refractivity contribution in [2.24, 2.45) is 0 Å². The Balaban J connectivity index is 5.00. The summed E-state index contributed by atoms with van der Waals surface area (Å²) in [5.41, 5.74) is -0.813. The number of ketones is 1. The first-order valence-electron chi connectivity index (χ1n) is 4.37. The minimum absolute atomic E-state index is 0.00713. The summed E-state index contributed by atoms with van der Waals surface area (Å²) in [6.45, 7) is 7.75. The molecule has 0 fully saturated rings. The van der Waals surface area contributed by atoms with Crippen LogP contribution in [0.25, 0.3) is 0 Å². The van der Waals surface area contributed by atoms with Gasteiger partial charge in [0.05, 0.1) is 5.57 Å². The third kappa shape index (κ3) is 4.63. The van der Waals surface area contributed by atoms with Gasteiger partial charge in [0.1, 0.15) is 5.78 Å². The first kappa shape index (κ1) is 13.7. The van der Waals surface area contributed by atoms with Crippen LogP contribution in [0.2, 0.25) is 0 Å². The molecule has 0 aliphatic rings. The van der Waals surface area contributed by atoms with Crippen molar-refractivity contribution in [3.63, 3.8) is 0 Å². The minimum Gasteiger partial charge on any atom is -0.300 e. The number of carbonyl (C=O) groups is 1. The fourth-order valence-corrected chi connectivity index (χ4v) is 1.09. The second kappa shape index (κ2) is 5.53. The molecule has 0 aromatic rings. The Bertz CT molecular complexity index is 297. The summed E-state index contributed by atoms with van der Waals surface area (Å²) in [6.07, 6.45) is -2.46. The van der Waals surface area contributed by atoms with Crippen molar-refractivity contribution in [1.29, 1.82) is 0 Å². The molecule has 4 heteroatoms. The van der Waals surface area contributed by atoms with Gasteiger partial charge < -0.3 is 4.79 Å². The fraction of sp³-hybridized carbons (Fsp3) is 0.364. The SMILES string of the molecule is C=C/C(CCC(C)=O)=C(\C=C)C(F)(F)F. The van der Waals surface area contributed by atoms with Gasteiger partial charge in [-0.25, -0.2) is 0 Å². The molecule has 0 aliphatic carbocycles. The smallest absolute Gasteiger partial charge is 0.300 e. The van der Waals surface area contributed by atoms with Crippen molar-refractivity contribution >= 4 is 5.78 Å². The number of allylic oxidation sites excluding steroid dienone is 4. The van der Waals surface area contributed by atoms with E-state index >= 15 is 0 Å². The van der Waals surface area contributed by atoms with Gasteiger partial charge in [-0.15, -0.1) is 0 Å². The van der Waals surface area contributed by atoms with Crippen LogP contribution in [0.3, 0.4) is 0 Å². The largest absolute Gasteiger partial charge is 0.416 e. The van der Waals surface area contributed by atoms with E-state index in [1.54, 1.807) is 0 Å². The van der Waals surface area contributed by atoms with Crippen LogP contribution in [0.5, 0.6) is 0 Å². The van der Waals surface area contributed by atoms with E-state index in [-0.39, 0.29) is 24.2 Å². The monoisotopic (exact) mass is 218 g/mol. The summed E-state index contributed by atoms with van der Waals surface area (Å²) in [7, 11) is 0. The lowest BCUT2D eigenvalue weighted by Gasteiger charge is -2.11. The summed E-state index contributed by atoms with van der Waals surface area (Å²) in [5.74, 6) is -0.153. The van der Waals surface area contributed by atoms with Gasteiger partial charge in [0.2, 0.25) is 0 Å². The van der Waals surface area contributed by atoms with E-state index in [1.807, 2.05) is 0 Å². The van der Waals surface area contributed by atoms with E-state index in [9.17, 15) is 18.0 Å². The summed E-state index contributed by atoms with van der Waals surface area (Å²) in [5, 5.41) is 0. The first-order valence-corrected chi connectivity index (χ1v) is 4.37. The number of carbonyl (C=O) groups excluding carboxylic acids is 1. The first-order chi connectivity index (χ1) is 6.82. The lowest BCUT2D eigenvalue weighted by atomic mass is 10.0. The molecule has 0 spiro atoms. The van der Waals surface area contributed by atoms with Crippen LogP contribution in [0.1, 0.15) is 19.8 Å². The van der Waals surface area contributed by atoms with Gasteiger partial charge in [0.25, 0.3) is 0 Å². The zero-order valence-electron chi connectivity index (χ0n) is 8.53. The van der Waals surface area contributed by atoms with Crippen molar-refractivity contribution in [3.05, 3.63) is 36.5 Å². The number of halogens is 3. The van der Waals surface area contributed by atoms with E-state index in [4.69, 9.17) is 0 Å². The highest BCUT2D eigenvalue weighted by atomic mass is 19.4. The Kier molecular flexibility index (Phi) is 5.05. The molecule has 0 bridgehead atoms. The molecule has 0 aliphatic heterocycles. The van der Waals surface area contributed by atoms with Gasteiger partial charge in [-0.1, -0.05) is 25.3 Å². The van der Waals surface area contributed by atoms with E-state index in [1.165, 1.54) is 6.92 Å². The molecular weight excluding hydrogens is 205 g/mol.